The van der Waals surface area contributed by atoms with Crippen molar-refractivity contribution in [3.8, 4) is 17.1 Å². The summed E-state index contributed by atoms with van der Waals surface area (Å²) in [6, 6.07) is 10.5. The van der Waals surface area contributed by atoms with E-state index < -0.39 is 17.6 Å². The minimum Gasteiger partial charge on any atom is -0.491 e. The van der Waals surface area contributed by atoms with Gasteiger partial charge in [-0.15, -0.1) is 0 Å². The van der Waals surface area contributed by atoms with E-state index in [1.807, 2.05) is 0 Å². The Morgan fingerprint density at radius 2 is 1.94 bits per heavy atom. The summed E-state index contributed by atoms with van der Waals surface area (Å²) in [6.07, 6.45) is -4.86. The summed E-state index contributed by atoms with van der Waals surface area (Å²) in [7, 11) is 0. The summed E-state index contributed by atoms with van der Waals surface area (Å²) in [6.45, 7) is 2.92. The molecule has 32 heavy (non-hydrogen) atoms. The summed E-state index contributed by atoms with van der Waals surface area (Å²) >= 11 is 11.1. The quantitative estimate of drug-likeness (QED) is 0.441. The van der Waals surface area contributed by atoms with Crippen molar-refractivity contribution >= 4 is 29.7 Å². The topological polar surface area (TPSA) is 71.9 Å². The molecule has 0 fully saturated rings. The summed E-state index contributed by atoms with van der Waals surface area (Å²) in [5, 5.41) is 9.80. The van der Waals surface area contributed by atoms with E-state index in [-0.39, 0.29) is 35.3 Å². The predicted molar refractivity (Wildman–Crippen MR) is 117 cm³/mol. The van der Waals surface area contributed by atoms with Crippen LogP contribution in [0.15, 0.2) is 42.5 Å². The average Bonchev–Trinajstić information content (AvgIpc) is 3.06. The standard InChI is InChI=1S/C21H20ClF3N4O2S/c1-12(2)31-16-8-5-14(17(9-16)21(23,24)25)10-26-18(30)11-29-19(27-28-20(29)32)13-3-6-15(22)7-4-13/h3-9,12H,10-11H2,1-2H3,(H,26,30)(H,28,32). The van der Waals surface area contributed by atoms with Crippen LogP contribution in [0, 0.1) is 4.77 Å². The zero-order valence-electron chi connectivity index (χ0n) is 17.2. The Hall–Kier alpha value is -2.85. The number of H-pyrrole nitrogens is 1. The molecule has 3 aromatic rings. The van der Waals surface area contributed by atoms with Gasteiger partial charge in [0.1, 0.15) is 12.3 Å². The minimum atomic E-state index is -4.59. The second kappa shape index (κ2) is 9.74. The molecule has 0 atom stereocenters. The Labute approximate surface area is 192 Å². The van der Waals surface area contributed by atoms with E-state index in [4.69, 9.17) is 28.6 Å². The molecule has 0 aliphatic rings. The number of amides is 1. The zero-order chi connectivity index (χ0) is 23.5. The Bertz CT molecular complexity index is 1160. The molecule has 0 saturated carbocycles. The number of aromatic nitrogens is 3. The van der Waals surface area contributed by atoms with E-state index in [1.165, 1.54) is 16.7 Å². The number of ether oxygens (including phenoxy) is 1. The summed E-state index contributed by atoms with van der Waals surface area (Å²) < 4.78 is 47.5. The molecule has 1 heterocycles. The molecule has 0 radical (unpaired) electrons. The highest BCUT2D eigenvalue weighted by molar-refractivity contribution is 7.71. The third-order valence-corrected chi connectivity index (χ3v) is 4.96. The van der Waals surface area contributed by atoms with Gasteiger partial charge < -0.3 is 10.1 Å². The average molecular weight is 485 g/mol. The number of benzene rings is 2. The Morgan fingerprint density at radius 3 is 2.56 bits per heavy atom. The van der Waals surface area contributed by atoms with Gasteiger partial charge in [0.25, 0.3) is 0 Å². The van der Waals surface area contributed by atoms with Gasteiger partial charge in [0.05, 0.1) is 11.7 Å². The van der Waals surface area contributed by atoms with Gasteiger partial charge in [-0.1, -0.05) is 17.7 Å². The Morgan fingerprint density at radius 1 is 1.25 bits per heavy atom. The molecule has 0 aliphatic heterocycles. The number of nitrogens with zero attached hydrogens (tertiary/aromatic N) is 2. The Kier molecular flexibility index (Phi) is 7.25. The lowest BCUT2D eigenvalue weighted by Crippen LogP contribution is -2.28. The molecule has 0 unspecified atom stereocenters. The van der Waals surface area contributed by atoms with E-state index in [0.29, 0.717) is 16.4 Å². The molecule has 1 aromatic heterocycles. The van der Waals surface area contributed by atoms with Crippen LogP contribution in [-0.4, -0.2) is 26.8 Å². The van der Waals surface area contributed by atoms with Crippen molar-refractivity contribution in [3.05, 3.63) is 63.4 Å². The number of hydrogen-bond acceptors (Lipinski definition) is 4. The third-order valence-electron chi connectivity index (χ3n) is 4.40. The lowest BCUT2D eigenvalue weighted by atomic mass is 10.1. The monoisotopic (exact) mass is 484 g/mol. The molecular formula is C21H20ClF3N4O2S. The lowest BCUT2D eigenvalue weighted by Gasteiger charge is -2.17. The second-order valence-corrected chi connectivity index (χ2v) is 8.03. The fourth-order valence-corrected chi connectivity index (χ4v) is 3.32. The molecule has 3 rings (SSSR count). The highest BCUT2D eigenvalue weighted by Gasteiger charge is 2.34. The van der Waals surface area contributed by atoms with E-state index in [9.17, 15) is 18.0 Å². The van der Waals surface area contributed by atoms with Crippen LogP contribution in [0.1, 0.15) is 25.0 Å². The fourth-order valence-electron chi connectivity index (χ4n) is 3.00. The predicted octanol–water partition coefficient (Wildman–Crippen LogP) is 5.38. The molecule has 2 N–H and O–H groups in total. The van der Waals surface area contributed by atoms with Gasteiger partial charge in [0, 0.05) is 17.1 Å². The maximum absolute atomic E-state index is 13.5. The number of nitrogens with one attached hydrogen (secondary N) is 2. The summed E-state index contributed by atoms with van der Waals surface area (Å²) in [5.74, 6) is 0.000962. The van der Waals surface area contributed by atoms with Crippen molar-refractivity contribution in [2.24, 2.45) is 0 Å². The van der Waals surface area contributed by atoms with E-state index in [2.05, 4.69) is 15.5 Å². The highest BCUT2D eigenvalue weighted by Crippen LogP contribution is 2.34. The lowest BCUT2D eigenvalue weighted by molar-refractivity contribution is -0.138. The fraction of sp³-hybridized carbons (Fsp3) is 0.286. The number of halogens is 4. The number of hydrogen-bond donors (Lipinski definition) is 2. The zero-order valence-corrected chi connectivity index (χ0v) is 18.7. The van der Waals surface area contributed by atoms with Gasteiger partial charge in [0.2, 0.25) is 5.91 Å². The van der Waals surface area contributed by atoms with Crippen LogP contribution in [0.25, 0.3) is 11.4 Å². The van der Waals surface area contributed by atoms with Crippen LogP contribution in [0.2, 0.25) is 5.02 Å². The van der Waals surface area contributed by atoms with Gasteiger partial charge in [-0.2, -0.15) is 18.3 Å². The van der Waals surface area contributed by atoms with Crippen molar-refractivity contribution in [3.63, 3.8) is 0 Å². The molecule has 0 saturated heterocycles. The van der Waals surface area contributed by atoms with Gasteiger partial charge in [0.15, 0.2) is 10.6 Å². The molecule has 2 aromatic carbocycles. The summed E-state index contributed by atoms with van der Waals surface area (Å²) in [5.41, 5.74) is -0.261. The first-order valence-electron chi connectivity index (χ1n) is 9.59. The van der Waals surface area contributed by atoms with Gasteiger partial charge >= 0.3 is 6.18 Å². The molecular weight excluding hydrogens is 465 g/mol. The molecule has 1 amide bonds. The van der Waals surface area contributed by atoms with Crippen LogP contribution in [0.4, 0.5) is 13.2 Å². The number of carbonyl (C=O) groups excluding carboxylic acids is 1. The number of aromatic amines is 1. The van der Waals surface area contributed by atoms with Crippen molar-refractivity contribution < 1.29 is 22.7 Å². The molecule has 0 bridgehead atoms. The maximum Gasteiger partial charge on any atom is 0.416 e. The molecule has 11 heteroatoms. The molecule has 170 valence electrons. The van der Waals surface area contributed by atoms with Crippen molar-refractivity contribution in [1.82, 2.24) is 20.1 Å². The molecule has 0 spiro atoms. The van der Waals surface area contributed by atoms with Crippen LogP contribution < -0.4 is 10.1 Å². The van der Waals surface area contributed by atoms with Gasteiger partial charge in [-0.05, 0) is 68.0 Å². The van der Waals surface area contributed by atoms with E-state index in [0.717, 1.165) is 6.07 Å². The van der Waals surface area contributed by atoms with Crippen molar-refractivity contribution in [1.29, 1.82) is 0 Å². The number of carbonyl (C=O) groups is 1. The maximum atomic E-state index is 13.5. The minimum absolute atomic E-state index is 0.0735. The molecule has 6 nitrogen and oxygen atoms in total. The van der Waals surface area contributed by atoms with Gasteiger partial charge in [-0.25, -0.2) is 0 Å². The number of rotatable bonds is 7. The first kappa shape index (κ1) is 23.8. The summed E-state index contributed by atoms with van der Waals surface area (Å²) in [4.78, 5) is 12.5. The SMILES string of the molecule is CC(C)Oc1ccc(CNC(=O)Cn2c(-c3ccc(Cl)cc3)n[nH]c2=S)c(C(F)(F)F)c1. The molecule has 0 aliphatic carbocycles. The highest BCUT2D eigenvalue weighted by atomic mass is 35.5. The van der Waals surface area contributed by atoms with Crippen molar-refractivity contribution in [2.75, 3.05) is 0 Å². The van der Waals surface area contributed by atoms with Crippen LogP contribution in [0.3, 0.4) is 0 Å². The van der Waals surface area contributed by atoms with E-state index >= 15 is 0 Å². The smallest absolute Gasteiger partial charge is 0.416 e. The van der Waals surface area contributed by atoms with Crippen LogP contribution in [0.5, 0.6) is 5.75 Å². The largest absolute Gasteiger partial charge is 0.491 e. The normalized spacial score (nSPS) is 11.6. The first-order chi connectivity index (χ1) is 15.0. The third kappa shape index (κ3) is 5.89. The van der Waals surface area contributed by atoms with Crippen molar-refractivity contribution in [2.45, 2.75) is 39.2 Å². The first-order valence-corrected chi connectivity index (χ1v) is 10.4. The van der Waals surface area contributed by atoms with E-state index in [1.54, 1.807) is 38.1 Å². The van der Waals surface area contributed by atoms with Crippen LogP contribution in [-0.2, 0) is 24.1 Å². The Balaban J connectivity index is 1.75. The number of alkyl halides is 3. The van der Waals surface area contributed by atoms with Crippen LogP contribution >= 0.6 is 23.8 Å². The van der Waals surface area contributed by atoms with Gasteiger partial charge in [-0.3, -0.25) is 14.5 Å². The second-order valence-electron chi connectivity index (χ2n) is 7.21.